The lowest BCUT2D eigenvalue weighted by Gasteiger charge is -2.33. The summed E-state index contributed by atoms with van der Waals surface area (Å²) in [6, 6.07) is 6.20. The molecule has 4 aromatic rings. The standard InChI is InChI=1S/C33H37N5O3/c1-6-20(3)38-16-19(2)30-24(32(40)35-15-25-22-9-7-8-10-27(22)36(4)18-29(25)39)13-21(14-28(30)38)26-17-37(5)33(41)31-23(26)11-12-34-31/h10-14,16-17,20,34H,6-9,15,18H2,1-5H3,(H,35,40). The second kappa shape index (κ2) is 10.3. The Morgan fingerprint density at radius 1 is 1.17 bits per heavy atom. The number of hydrogen-bond acceptors (Lipinski definition) is 4. The number of rotatable bonds is 6. The van der Waals surface area contributed by atoms with Gasteiger partial charge in [-0.25, -0.2) is 0 Å². The van der Waals surface area contributed by atoms with Crippen LogP contribution < -0.4 is 10.9 Å². The van der Waals surface area contributed by atoms with Crippen LogP contribution in [0, 0.1) is 6.92 Å². The fourth-order valence-electron chi connectivity index (χ4n) is 6.48. The van der Waals surface area contributed by atoms with E-state index in [2.05, 4.69) is 47.1 Å². The molecule has 0 fully saturated rings. The van der Waals surface area contributed by atoms with Gasteiger partial charge < -0.3 is 24.3 Å². The summed E-state index contributed by atoms with van der Waals surface area (Å²) in [5.41, 5.74) is 7.66. The fraction of sp³-hybridized carbons (Fsp3) is 0.364. The summed E-state index contributed by atoms with van der Waals surface area (Å²) in [5.74, 6) is -0.141. The number of aromatic nitrogens is 3. The van der Waals surface area contributed by atoms with Crippen LogP contribution >= 0.6 is 0 Å². The normalized spacial score (nSPS) is 16.4. The summed E-state index contributed by atoms with van der Waals surface area (Å²) in [7, 11) is 3.70. The molecule has 1 aliphatic carbocycles. The average Bonchev–Trinajstić information content (AvgIpc) is 3.59. The molecule has 0 spiro atoms. The monoisotopic (exact) mass is 551 g/mol. The van der Waals surface area contributed by atoms with Crippen LogP contribution in [0.3, 0.4) is 0 Å². The second-order valence-electron chi connectivity index (χ2n) is 11.5. The number of pyridine rings is 1. The molecule has 0 bridgehead atoms. The van der Waals surface area contributed by atoms with E-state index in [9.17, 15) is 14.4 Å². The van der Waals surface area contributed by atoms with Crippen molar-refractivity contribution in [2.75, 3.05) is 20.1 Å². The number of H-pyrrole nitrogens is 1. The van der Waals surface area contributed by atoms with Crippen LogP contribution in [0.1, 0.15) is 61.5 Å². The molecule has 4 heterocycles. The maximum Gasteiger partial charge on any atom is 0.274 e. The highest BCUT2D eigenvalue weighted by atomic mass is 16.2. The summed E-state index contributed by atoms with van der Waals surface area (Å²) in [4.78, 5) is 44.9. The van der Waals surface area contributed by atoms with Gasteiger partial charge in [0.2, 0.25) is 0 Å². The Morgan fingerprint density at radius 3 is 2.76 bits per heavy atom. The summed E-state index contributed by atoms with van der Waals surface area (Å²) in [6.07, 6.45) is 11.7. The SMILES string of the molecule is CCC(C)n1cc(C)c2c(C(=O)NCC3=C4CCCC=C4N(C)CC3=O)cc(-c3cn(C)c(=O)c4[nH]ccc34)cc21. The van der Waals surface area contributed by atoms with E-state index >= 15 is 0 Å². The van der Waals surface area contributed by atoms with Crippen molar-refractivity contribution in [2.45, 2.75) is 52.5 Å². The second-order valence-corrected chi connectivity index (χ2v) is 11.5. The number of Topliss-reactive ketones (excluding diaryl/α,β-unsaturated/α-hetero) is 1. The summed E-state index contributed by atoms with van der Waals surface area (Å²) in [6.45, 7) is 6.91. The molecular weight excluding hydrogens is 514 g/mol. The maximum atomic E-state index is 14.0. The van der Waals surface area contributed by atoms with Crippen LogP contribution in [0.5, 0.6) is 0 Å². The van der Waals surface area contributed by atoms with Gasteiger partial charge >= 0.3 is 0 Å². The number of amides is 1. The molecule has 2 aliphatic rings. The molecule has 1 amide bonds. The Hall–Kier alpha value is -4.33. The number of nitrogens with one attached hydrogen (secondary N) is 2. The van der Waals surface area contributed by atoms with Gasteiger partial charge in [-0.15, -0.1) is 0 Å². The molecule has 1 aromatic carbocycles. The first-order valence-electron chi connectivity index (χ1n) is 14.5. The Morgan fingerprint density at radius 2 is 1.98 bits per heavy atom. The molecule has 41 heavy (non-hydrogen) atoms. The van der Waals surface area contributed by atoms with E-state index in [1.165, 1.54) is 0 Å². The van der Waals surface area contributed by atoms with E-state index in [4.69, 9.17) is 0 Å². The lowest BCUT2D eigenvalue weighted by Crippen LogP contribution is -2.38. The highest BCUT2D eigenvalue weighted by Crippen LogP contribution is 2.36. The van der Waals surface area contributed by atoms with Crippen molar-refractivity contribution in [3.63, 3.8) is 0 Å². The summed E-state index contributed by atoms with van der Waals surface area (Å²) in [5, 5.41) is 4.84. The van der Waals surface area contributed by atoms with Gasteiger partial charge in [0.25, 0.3) is 11.5 Å². The van der Waals surface area contributed by atoms with E-state index in [1.54, 1.807) is 17.8 Å². The molecule has 8 heteroatoms. The number of aromatic amines is 1. The molecule has 0 saturated carbocycles. The fourth-order valence-corrected chi connectivity index (χ4v) is 6.48. The lowest BCUT2D eigenvalue weighted by molar-refractivity contribution is -0.116. The molecule has 6 rings (SSSR count). The van der Waals surface area contributed by atoms with E-state index in [1.807, 2.05) is 37.2 Å². The number of fused-ring (bicyclic) bond motifs is 3. The molecule has 0 saturated heterocycles. The average molecular weight is 552 g/mol. The molecule has 212 valence electrons. The topological polar surface area (TPSA) is 92.1 Å². The van der Waals surface area contributed by atoms with Crippen molar-refractivity contribution in [1.29, 1.82) is 0 Å². The molecule has 8 nitrogen and oxygen atoms in total. The molecule has 1 aliphatic heterocycles. The zero-order chi connectivity index (χ0) is 29.0. The predicted octanol–water partition coefficient (Wildman–Crippen LogP) is 5.38. The maximum absolute atomic E-state index is 14.0. The van der Waals surface area contributed by atoms with Crippen LogP contribution in [-0.2, 0) is 11.8 Å². The third kappa shape index (κ3) is 4.42. The van der Waals surface area contributed by atoms with Crippen LogP contribution in [0.15, 0.2) is 64.5 Å². The number of aryl methyl sites for hydroxylation is 2. The number of nitrogens with zero attached hydrogens (tertiary/aromatic N) is 3. The molecule has 3 aromatic heterocycles. The van der Waals surface area contributed by atoms with E-state index in [-0.39, 0.29) is 29.8 Å². The minimum Gasteiger partial charge on any atom is -0.367 e. The minimum absolute atomic E-state index is 0.0694. The molecular formula is C33H37N5O3. The van der Waals surface area contributed by atoms with Gasteiger partial charge in [-0.05, 0) is 74.4 Å². The number of carbonyl (C=O) groups is 2. The highest BCUT2D eigenvalue weighted by Gasteiger charge is 2.29. The first-order valence-corrected chi connectivity index (χ1v) is 14.5. The van der Waals surface area contributed by atoms with Crippen molar-refractivity contribution in [3.8, 4) is 11.1 Å². The minimum atomic E-state index is -0.210. The molecule has 0 radical (unpaired) electrons. The Kier molecular flexibility index (Phi) is 6.72. The number of carbonyl (C=O) groups excluding carboxylic acids is 2. The Bertz CT molecular complexity index is 1850. The lowest BCUT2D eigenvalue weighted by atomic mass is 9.88. The van der Waals surface area contributed by atoms with Crippen LogP contribution in [0.25, 0.3) is 32.9 Å². The molecule has 1 atom stereocenters. The van der Waals surface area contributed by atoms with Gasteiger partial charge in [-0.3, -0.25) is 14.4 Å². The van der Waals surface area contributed by atoms with Crippen LogP contribution in [0.4, 0.5) is 0 Å². The van der Waals surface area contributed by atoms with Gasteiger partial charge in [0, 0.05) is 84.0 Å². The number of allylic oxidation sites excluding steroid dienone is 2. The number of benzene rings is 1. The largest absolute Gasteiger partial charge is 0.367 e. The van der Waals surface area contributed by atoms with Gasteiger partial charge in [-0.2, -0.15) is 0 Å². The van der Waals surface area contributed by atoms with Crippen LogP contribution in [-0.4, -0.2) is 50.8 Å². The smallest absolute Gasteiger partial charge is 0.274 e. The molecule has 1 unspecified atom stereocenters. The van der Waals surface area contributed by atoms with E-state index in [0.29, 0.717) is 17.6 Å². The van der Waals surface area contributed by atoms with Gasteiger partial charge in [-0.1, -0.05) is 13.0 Å². The van der Waals surface area contributed by atoms with Crippen LogP contribution in [0.2, 0.25) is 0 Å². The summed E-state index contributed by atoms with van der Waals surface area (Å²) >= 11 is 0. The number of hydrogen-bond donors (Lipinski definition) is 2. The zero-order valence-corrected chi connectivity index (χ0v) is 24.4. The molecule has 2 N–H and O–H groups in total. The van der Waals surface area contributed by atoms with Crippen molar-refractivity contribution in [1.82, 2.24) is 24.3 Å². The number of likely N-dealkylation sites (N-methyl/N-ethyl adjacent to an activating group) is 1. The predicted molar refractivity (Wildman–Crippen MR) is 163 cm³/mol. The third-order valence-corrected chi connectivity index (χ3v) is 8.83. The van der Waals surface area contributed by atoms with E-state index < -0.39 is 0 Å². The van der Waals surface area contributed by atoms with Crippen molar-refractivity contribution >= 4 is 33.5 Å². The van der Waals surface area contributed by atoms with Gasteiger partial charge in [0.1, 0.15) is 5.52 Å². The highest BCUT2D eigenvalue weighted by molar-refractivity contribution is 6.11. The van der Waals surface area contributed by atoms with E-state index in [0.717, 1.165) is 75.5 Å². The summed E-state index contributed by atoms with van der Waals surface area (Å²) < 4.78 is 3.82. The Labute approximate surface area is 239 Å². The third-order valence-electron chi connectivity index (χ3n) is 8.83. The van der Waals surface area contributed by atoms with Crippen molar-refractivity contribution in [3.05, 3.63) is 81.2 Å². The van der Waals surface area contributed by atoms with Gasteiger partial charge in [0.15, 0.2) is 5.78 Å². The van der Waals surface area contributed by atoms with Crippen molar-refractivity contribution in [2.24, 2.45) is 7.05 Å². The van der Waals surface area contributed by atoms with Gasteiger partial charge in [0.05, 0.1) is 6.54 Å². The quantitative estimate of drug-likeness (QED) is 0.337. The van der Waals surface area contributed by atoms with Crippen molar-refractivity contribution < 1.29 is 9.59 Å². The first-order chi connectivity index (χ1) is 19.7. The Balaban J connectivity index is 1.48. The zero-order valence-electron chi connectivity index (χ0n) is 24.4. The first kappa shape index (κ1) is 26.9. The number of ketones is 1.